The molecule has 1 rings (SSSR count). The zero-order chi connectivity index (χ0) is 11.7. The van der Waals surface area contributed by atoms with Crippen LogP contribution in [0.1, 0.15) is 46.5 Å². The number of alkyl halides is 1. The molecular formula is C12H22ClNO. The van der Waals surface area contributed by atoms with Gasteiger partial charge in [-0.1, -0.05) is 19.8 Å². The van der Waals surface area contributed by atoms with Crippen molar-refractivity contribution in [1.29, 1.82) is 0 Å². The van der Waals surface area contributed by atoms with Crippen molar-refractivity contribution in [3.05, 3.63) is 0 Å². The van der Waals surface area contributed by atoms with Crippen molar-refractivity contribution in [3.8, 4) is 0 Å². The maximum atomic E-state index is 12.3. The fourth-order valence-electron chi connectivity index (χ4n) is 2.14. The summed E-state index contributed by atoms with van der Waals surface area (Å²) in [4.78, 5) is 14.2. The van der Waals surface area contributed by atoms with Gasteiger partial charge < -0.3 is 4.90 Å². The molecule has 1 aliphatic rings. The van der Waals surface area contributed by atoms with E-state index < -0.39 is 0 Å². The number of rotatable bonds is 3. The number of carbonyl (C=O) groups excluding carboxylic acids is 1. The first-order valence-electron chi connectivity index (χ1n) is 5.68. The summed E-state index contributed by atoms with van der Waals surface area (Å²) in [7, 11) is 1.87. The van der Waals surface area contributed by atoms with Crippen LogP contribution in [-0.4, -0.2) is 29.3 Å². The largest absolute Gasteiger partial charge is 0.339 e. The zero-order valence-electron chi connectivity index (χ0n) is 10.3. The highest BCUT2D eigenvalue weighted by atomic mass is 35.5. The van der Waals surface area contributed by atoms with Crippen molar-refractivity contribution in [1.82, 2.24) is 4.90 Å². The van der Waals surface area contributed by atoms with Crippen molar-refractivity contribution in [2.75, 3.05) is 12.9 Å². The van der Waals surface area contributed by atoms with E-state index in [1.165, 1.54) is 12.8 Å². The van der Waals surface area contributed by atoms with Crippen LogP contribution in [0.15, 0.2) is 0 Å². The molecule has 0 unspecified atom stereocenters. The second kappa shape index (κ2) is 4.32. The van der Waals surface area contributed by atoms with Crippen LogP contribution < -0.4 is 0 Å². The number of nitrogens with zero attached hydrogens (tertiary/aromatic N) is 1. The fraction of sp³-hybridized carbons (Fsp3) is 0.917. The van der Waals surface area contributed by atoms with E-state index in [0.717, 1.165) is 12.8 Å². The number of hydrogen-bond acceptors (Lipinski definition) is 1. The van der Waals surface area contributed by atoms with Gasteiger partial charge in [-0.05, 0) is 26.7 Å². The average molecular weight is 232 g/mol. The summed E-state index contributed by atoms with van der Waals surface area (Å²) in [5.41, 5.74) is -0.387. The number of hydrogen-bond donors (Lipinski definition) is 0. The van der Waals surface area contributed by atoms with E-state index in [0.29, 0.717) is 5.88 Å². The predicted molar refractivity (Wildman–Crippen MR) is 64.1 cm³/mol. The van der Waals surface area contributed by atoms with Crippen LogP contribution >= 0.6 is 11.6 Å². The Balaban J connectivity index is 2.76. The van der Waals surface area contributed by atoms with Crippen LogP contribution in [-0.2, 0) is 4.79 Å². The molecule has 0 heterocycles. The molecule has 1 amide bonds. The van der Waals surface area contributed by atoms with Gasteiger partial charge in [0.05, 0.1) is 5.54 Å². The van der Waals surface area contributed by atoms with E-state index in [1.807, 2.05) is 25.8 Å². The maximum Gasteiger partial charge on any atom is 0.228 e. The summed E-state index contributed by atoms with van der Waals surface area (Å²) in [5, 5.41) is 0. The molecule has 0 aliphatic heterocycles. The lowest BCUT2D eigenvalue weighted by Gasteiger charge is -2.39. The van der Waals surface area contributed by atoms with E-state index in [1.54, 1.807) is 0 Å². The summed E-state index contributed by atoms with van der Waals surface area (Å²) in [5.74, 6) is 0.733. The molecule has 0 aromatic rings. The highest BCUT2D eigenvalue weighted by Crippen LogP contribution is 2.40. The average Bonchev–Trinajstić information content (AvgIpc) is 2.64. The number of halogens is 1. The summed E-state index contributed by atoms with van der Waals surface area (Å²) >= 11 is 5.89. The smallest absolute Gasteiger partial charge is 0.228 e. The van der Waals surface area contributed by atoms with Crippen LogP contribution in [0.3, 0.4) is 0 Å². The van der Waals surface area contributed by atoms with Crippen molar-refractivity contribution in [2.45, 2.75) is 52.0 Å². The van der Waals surface area contributed by atoms with Crippen LogP contribution in [0, 0.1) is 5.41 Å². The Morgan fingerprint density at radius 2 is 1.87 bits per heavy atom. The molecule has 1 aliphatic carbocycles. The lowest BCUT2D eigenvalue weighted by Crippen LogP contribution is -2.51. The van der Waals surface area contributed by atoms with Crippen molar-refractivity contribution >= 4 is 17.5 Å². The monoisotopic (exact) mass is 231 g/mol. The number of amides is 1. The van der Waals surface area contributed by atoms with Crippen LogP contribution in [0.25, 0.3) is 0 Å². The molecule has 2 nitrogen and oxygen atoms in total. The van der Waals surface area contributed by atoms with Gasteiger partial charge in [0, 0.05) is 18.3 Å². The summed E-state index contributed by atoms with van der Waals surface area (Å²) in [6, 6.07) is 0. The van der Waals surface area contributed by atoms with Crippen LogP contribution in [0.2, 0.25) is 0 Å². The van der Waals surface area contributed by atoms with Gasteiger partial charge in [-0.2, -0.15) is 0 Å². The van der Waals surface area contributed by atoms with E-state index >= 15 is 0 Å². The Morgan fingerprint density at radius 1 is 1.40 bits per heavy atom. The minimum atomic E-state index is -0.246. The Kier molecular flexibility index (Phi) is 3.70. The molecule has 1 saturated carbocycles. The van der Waals surface area contributed by atoms with Crippen LogP contribution in [0.4, 0.5) is 0 Å². The molecule has 0 aromatic carbocycles. The topological polar surface area (TPSA) is 20.3 Å². The molecule has 88 valence electrons. The van der Waals surface area contributed by atoms with Gasteiger partial charge >= 0.3 is 0 Å². The van der Waals surface area contributed by atoms with Gasteiger partial charge in [-0.25, -0.2) is 0 Å². The molecular weight excluding hydrogens is 210 g/mol. The van der Waals surface area contributed by atoms with Gasteiger partial charge in [-0.15, -0.1) is 11.6 Å². The third-order valence-corrected chi connectivity index (χ3v) is 4.42. The van der Waals surface area contributed by atoms with Crippen molar-refractivity contribution in [3.63, 3.8) is 0 Å². The standard InChI is InChI=1S/C12H22ClNO/c1-11(2,9-13)14(4)10(15)12(3)7-5-6-8-12/h5-9H2,1-4H3. The first-order valence-corrected chi connectivity index (χ1v) is 6.21. The summed E-state index contributed by atoms with van der Waals surface area (Å²) in [6.07, 6.45) is 4.40. The lowest BCUT2D eigenvalue weighted by molar-refractivity contribution is -0.143. The predicted octanol–water partition coefficient (Wildman–Crippen LogP) is 3.04. The Morgan fingerprint density at radius 3 is 2.27 bits per heavy atom. The molecule has 3 heteroatoms. The fourth-order valence-corrected chi connectivity index (χ4v) is 2.32. The van der Waals surface area contributed by atoms with Gasteiger partial charge in [0.15, 0.2) is 0 Å². The summed E-state index contributed by atoms with van der Waals surface area (Å²) < 4.78 is 0. The van der Waals surface area contributed by atoms with E-state index in [4.69, 9.17) is 11.6 Å². The first kappa shape index (κ1) is 12.8. The van der Waals surface area contributed by atoms with Crippen molar-refractivity contribution in [2.24, 2.45) is 5.41 Å². The normalized spacial score (nSPS) is 20.3. The first-order chi connectivity index (χ1) is 6.83. The zero-order valence-corrected chi connectivity index (χ0v) is 11.0. The van der Waals surface area contributed by atoms with E-state index in [2.05, 4.69) is 6.92 Å². The minimum absolute atomic E-state index is 0.141. The minimum Gasteiger partial charge on any atom is -0.339 e. The lowest BCUT2D eigenvalue weighted by atomic mass is 9.86. The summed E-state index contributed by atoms with van der Waals surface area (Å²) in [6.45, 7) is 6.11. The Bertz CT molecular complexity index is 244. The van der Waals surface area contributed by atoms with Gasteiger partial charge in [-0.3, -0.25) is 4.79 Å². The van der Waals surface area contributed by atoms with Gasteiger partial charge in [0.2, 0.25) is 5.91 Å². The van der Waals surface area contributed by atoms with Crippen molar-refractivity contribution < 1.29 is 4.79 Å². The molecule has 0 saturated heterocycles. The second-order valence-corrected chi connectivity index (χ2v) is 5.85. The molecule has 0 bridgehead atoms. The molecule has 0 N–H and O–H groups in total. The quantitative estimate of drug-likeness (QED) is 0.684. The van der Waals surface area contributed by atoms with E-state index in [9.17, 15) is 4.79 Å². The molecule has 1 fully saturated rings. The Hall–Kier alpha value is -0.240. The molecule has 0 radical (unpaired) electrons. The van der Waals surface area contributed by atoms with Gasteiger partial charge in [0.1, 0.15) is 0 Å². The molecule has 0 spiro atoms. The maximum absolute atomic E-state index is 12.3. The van der Waals surface area contributed by atoms with E-state index in [-0.39, 0.29) is 16.9 Å². The van der Waals surface area contributed by atoms with Crippen LogP contribution in [0.5, 0.6) is 0 Å². The highest BCUT2D eigenvalue weighted by molar-refractivity contribution is 6.18. The second-order valence-electron chi connectivity index (χ2n) is 5.58. The molecule has 15 heavy (non-hydrogen) atoms. The third kappa shape index (κ3) is 2.47. The number of carbonyl (C=O) groups is 1. The SMILES string of the molecule is CN(C(=O)C1(C)CCCC1)C(C)(C)CCl. The highest BCUT2D eigenvalue weighted by Gasteiger charge is 2.41. The third-order valence-electron chi connectivity index (χ3n) is 3.76. The molecule has 0 aromatic heterocycles. The molecule has 0 atom stereocenters. The Labute approximate surface area is 98.0 Å². The van der Waals surface area contributed by atoms with Gasteiger partial charge in [0.25, 0.3) is 0 Å².